The summed E-state index contributed by atoms with van der Waals surface area (Å²) in [6, 6.07) is 26.4. The molecule has 0 spiro atoms. The van der Waals surface area contributed by atoms with Gasteiger partial charge in [0.25, 0.3) is 5.91 Å². The van der Waals surface area contributed by atoms with Crippen LogP contribution in [0.3, 0.4) is 0 Å². The van der Waals surface area contributed by atoms with E-state index in [0.717, 1.165) is 33.5 Å². The lowest BCUT2D eigenvalue weighted by Crippen LogP contribution is -2.24. The zero-order valence-corrected chi connectivity index (χ0v) is 17.8. The van der Waals surface area contributed by atoms with Gasteiger partial charge >= 0.3 is 0 Å². The molecule has 0 saturated heterocycles. The number of amides is 1. The Balaban J connectivity index is 1.43. The van der Waals surface area contributed by atoms with E-state index in [2.05, 4.69) is 54.7 Å². The number of rotatable bonds is 7. The van der Waals surface area contributed by atoms with Crippen LogP contribution in [0.1, 0.15) is 37.3 Å². The van der Waals surface area contributed by atoms with E-state index in [4.69, 9.17) is 4.74 Å². The number of fused-ring (bicyclic) bond motifs is 2. The van der Waals surface area contributed by atoms with Crippen LogP contribution in [-0.2, 0) is 4.79 Å². The quantitative estimate of drug-likeness (QED) is 0.230. The summed E-state index contributed by atoms with van der Waals surface area (Å²) in [6.07, 6.45) is 2.80. The molecule has 4 aromatic carbocycles. The molecule has 1 N–H and O–H groups in total. The average Bonchev–Trinajstić information content (AvgIpc) is 2.82. The van der Waals surface area contributed by atoms with Crippen molar-refractivity contribution in [2.24, 2.45) is 5.10 Å². The Labute approximate surface area is 182 Å². The van der Waals surface area contributed by atoms with Crippen LogP contribution < -0.4 is 10.2 Å². The van der Waals surface area contributed by atoms with Crippen LogP contribution in [0, 0.1) is 0 Å². The summed E-state index contributed by atoms with van der Waals surface area (Å²) in [6.45, 7) is 4.28. The van der Waals surface area contributed by atoms with Crippen LogP contribution in [0.4, 0.5) is 0 Å². The first-order valence-electron chi connectivity index (χ1n) is 10.6. The molecule has 1 amide bonds. The Morgan fingerprint density at radius 3 is 2.19 bits per heavy atom. The highest BCUT2D eigenvalue weighted by Gasteiger charge is 2.07. The summed E-state index contributed by atoms with van der Waals surface area (Å²) in [5.74, 6) is 0.884. The standard InChI is InChI=1S/C27H26N2O2/c1-3-19(2)20-12-14-23(15-13-20)31-18-27(30)29-28-17-26-24-10-6-4-8-21(24)16-22-9-5-7-11-25(22)26/h4-17,19H,3,18H2,1-2H3,(H,29,30). The molecular formula is C27H26N2O2. The molecule has 4 rings (SSSR count). The Bertz CT molecular complexity index is 1180. The van der Waals surface area contributed by atoms with Gasteiger partial charge in [0.15, 0.2) is 6.61 Å². The lowest BCUT2D eigenvalue weighted by atomic mass is 9.97. The molecule has 4 aromatic rings. The third-order valence-corrected chi connectivity index (χ3v) is 5.63. The minimum atomic E-state index is -0.299. The van der Waals surface area contributed by atoms with E-state index in [1.54, 1.807) is 6.21 Å². The summed E-state index contributed by atoms with van der Waals surface area (Å²) < 4.78 is 5.59. The van der Waals surface area contributed by atoms with Gasteiger partial charge in [-0.25, -0.2) is 5.43 Å². The van der Waals surface area contributed by atoms with Crippen LogP contribution >= 0.6 is 0 Å². The number of nitrogens with one attached hydrogen (secondary N) is 1. The van der Waals surface area contributed by atoms with Crippen molar-refractivity contribution in [3.05, 3.63) is 90.0 Å². The minimum absolute atomic E-state index is 0.0870. The highest BCUT2D eigenvalue weighted by Crippen LogP contribution is 2.27. The average molecular weight is 411 g/mol. The molecule has 0 saturated carbocycles. The van der Waals surface area contributed by atoms with E-state index in [1.807, 2.05) is 48.5 Å². The zero-order chi connectivity index (χ0) is 21.6. The first kappa shape index (κ1) is 20.6. The van der Waals surface area contributed by atoms with E-state index >= 15 is 0 Å². The highest BCUT2D eigenvalue weighted by molar-refractivity contribution is 6.13. The van der Waals surface area contributed by atoms with E-state index in [-0.39, 0.29) is 12.5 Å². The van der Waals surface area contributed by atoms with Gasteiger partial charge in [-0.05, 0) is 57.6 Å². The van der Waals surface area contributed by atoms with E-state index in [0.29, 0.717) is 11.7 Å². The maximum Gasteiger partial charge on any atom is 0.277 e. The second-order valence-corrected chi connectivity index (χ2v) is 7.69. The Morgan fingerprint density at radius 1 is 0.968 bits per heavy atom. The minimum Gasteiger partial charge on any atom is -0.484 e. The van der Waals surface area contributed by atoms with Crippen molar-refractivity contribution in [2.45, 2.75) is 26.2 Å². The lowest BCUT2D eigenvalue weighted by Gasteiger charge is -2.10. The number of ether oxygens (including phenoxy) is 1. The Morgan fingerprint density at radius 2 is 1.58 bits per heavy atom. The normalized spacial score (nSPS) is 12.3. The number of carbonyl (C=O) groups is 1. The summed E-state index contributed by atoms with van der Waals surface area (Å²) in [7, 11) is 0. The van der Waals surface area contributed by atoms with Gasteiger partial charge in [-0.2, -0.15) is 5.10 Å². The summed E-state index contributed by atoms with van der Waals surface area (Å²) in [4.78, 5) is 12.2. The molecule has 31 heavy (non-hydrogen) atoms. The smallest absolute Gasteiger partial charge is 0.277 e. The van der Waals surface area contributed by atoms with Crippen molar-refractivity contribution >= 4 is 33.7 Å². The SMILES string of the molecule is CCC(C)c1ccc(OCC(=O)NN=Cc2c3ccccc3cc3ccccc23)cc1. The molecule has 4 heteroatoms. The third-order valence-electron chi connectivity index (χ3n) is 5.63. The van der Waals surface area contributed by atoms with Crippen LogP contribution in [-0.4, -0.2) is 18.7 Å². The molecule has 1 unspecified atom stereocenters. The van der Waals surface area contributed by atoms with E-state index in [1.165, 1.54) is 5.56 Å². The maximum atomic E-state index is 12.2. The molecule has 0 fully saturated rings. The molecule has 1 atom stereocenters. The lowest BCUT2D eigenvalue weighted by molar-refractivity contribution is -0.123. The van der Waals surface area contributed by atoms with Gasteiger partial charge < -0.3 is 4.74 Å². The molecule has 0 aliphatic heterocycles. The number of carbonyl (C=O) groups excluding carboxylic acids is 1. The van der Waals surface area contributed by atoms with Crippen molar-refractivity contribution in [1.82, 2.24) is 5.43 Å². The number of hydrogen-bond acceptors (Lipinski definition) is 3. The van der Waals surface area contributed by atoms with Gasteiger partial charge in [0.1, 0.15) is 5.75 Å². The van der Waals surface area contributed by atoms with Gasteiger partial charge in [0.05, 0.1) is 6.21 Å². The first-order chi connectivity index (χ1) is 15.2. The molecule has 0 aromatic heterocycles. The summed E-state index contributed by atoms with van der Waals surface area (Å²) >= 11 is 0. The fraction of sp³-hybridized carbons (Fsp3) is 0.185. The second-order valence-electron chi connectivity index (χ2n) is 7.69. The molecular weight excluding hydrogens is 384 g/mol. The highest BCUT2D eigenvalue weighted by atomic mass is 16.5. The fourth-order valence-corrected chi connectivity index (χ4v) is 3.67. The number of nitrogens with zero attached hydrogens (tertiary/aromatic N) is 1. The van der Waals surface area contributed by atoms with E-state index in [9.17, 15) is 4.79 Å². The molecule has 0 radical (unpaired) electrons. The van der Waals surface area contributed by atoms with Gasteiger partial charge in [0, 0.05) is 5.56 Å². The number of hydrogen-bond donors (Lipinski definition) is 1. The van der Waals surface area contributed by atoms with Gasteiger partial charge in [-0.15, -0.1) is 0 Å². The van der Waals surface area contributed by atoms with Crippen molar-refractivity contribution < 1.29 is 9.53 Å². The zero-order valence-electron chi connectivity index (χ0n) is 17.8. The molecule has 0 aliphatic rings. The Hall–Kier alpha value is -3.66. The largest absolute Gasteiger partial charge is 0.484 e. The van der Waals surface area contributed by atoms with Crippen molar-refractivity contribution in [1.29, 1.82) is 0 Å². The van der Waals surface area contributed by atoms with Crippen LogP contribution in [0.5, 0.6) is 5.75 Å². The molecule has 0 bridgehead atoms. The molecule has 156 valence electrons. The monoisotopic (exact) mass is 410 g/mol. The Kier molecular flexibility index (Phi) is 6.27. The maximum absolute atomic E-state index is 12.2. The summed E-state index contributed by atoms with van der Waals surface area (Å²) in [5, 5.41) is 8.66. The molecule has 0 aliphatic carbocycles. The second kappa shape index (κ2) is 9.43. The van der Waals surface area contributed by atoms with Crippen molar-refractivity contribution in [3.63, 3.8) is 0 Å². The molecule has 4 nitrogen and oxygen atoms in total. The van der Waals surface area contributed by atoms with Gasteiger partial charge in [-0.1, -0.05) is 74.5 Å². The number of benzene rings is 4. The van der Waals surface area contributed by atoms with Crippen molar-refractivity contribution in [2.75, 3.05) is 6.61 Å². The number of hydrazone groups is 1. The topological polar surface area (TPSA) is 50.7 Å². The van der Waals surface area contributed by atoms with Crippen LogP contribution in [0.2, 0.25) is 0 Å². The predicted octanol–water partition coefficient (Wildman–Crippen LogP) is 6.04. The van der Waals surface area contributed by atoms with E-state index < -0.39 is 0 Å². The van der Waals surface area contributed by atoms with Crippen molar-refractivity contribution in [3.8, 4) is 5.75 Å². The van der Waals surface area contributed by atoms with Crippen LogP contribution in [0.15, 0.2) is 84.0 Å². The first-order valence-corrected chi connectivity index (χ1v) is 10.6. The third kappa shape index (κ3) is 4.75. The van der Waals surface area contributed by atoms with Crippen LogP contribution in [0.25, 0.3) is 21.5 Å². The van der Waals surface area contributed by atoms with Gasteiger partial charge in [0.2, 0.25) is 0 Å². The fourth-order valence-electron chi connectivity index (χ4n) is 3.67. The van der Waals surface area contributed by atoms with Gasteiger partial charge in [-0.3, -0.25) is 4.79 Å². The molecule has 0 heterocycles. The summed E-state index contributed by atoms with van der Waals surface area (Å²) in [5.41, 5.74) is 4.83. The predicted molar refractivity (Wildman–Crippen MR) is 128 cm³/mol.